The van der Waals surface area contributed by atoms with Gasteiger partial charge in [0.2, 0.25) is 0 Å². The zero-order valence-corrected chi connectivity index (χ0v) is 13.1. The molecule has 1 aromatic heterocycles. The number of likely N-dealkylation sites (tertiary alicyclic amines) is 1. The molecule has 0 bridgehead atoms. The van der Waals surface area contributed by atoms with E-state index in [1.165, 1.54) is 31.1 Å². The van der Waals surface area contributed by atoms with E-state index in [1.807, 2.05) is 0 Å². The minimum atomic E-state index is 0.430. The van der Waals surface area contributed by atoms with Crippen molar-refractivity contribution in [1.82, 2.24) is 13.6 Å². The van der Waals surface area contributed by atoms with Crippen LogP contribution in [-0.2, 0) is 0 Å². The lowest BCUT2D eigenvalue weighted by Gasteiger charge is -2.17. The molecule has 20 heavy (non-hydrogen) atoms. The smallest absolute Gasteiger partial charge is 0.130 e. The van der Waals surface area contributed by atoms with E-state index in [2.05, 4.69) is 19.0 Å². The van der Waals surface area contributed by atoms with Crippen LogP contribution in [0.25, 0.3) is 11.0 Å². The summed E-state index contributed by atoms with van der Waals surface area (Å²) >= 11 is 13.7. The second-order valence-electron chi connectivity index (χ2n) is 5.53. The Morgan fingerprint density at radius 1 is 1.15 bits per heavy atom. The van der Waals surface area contributed by atoms with Crippen molar-refractivity contribution in [2.75, 3.05) is 18.4 Å². The number of hydrogen-bond acceptors (Lipinski definition) is 5. The summed E-state index contributed by atoms with van der Waals surface area (Å²) in [4.78, 5) is 2.57. The molecular weight excluding hydrogens is 315 g/mol. The second kappa shape index (κ2) is 4.98. The number of anilines is 1. The summed E-state index contributed by atoms with van der Waals surface area (Å²) in [7, 11) is 0. The molecule has 1 aliphatic heterocycles. The zero-order valence-electron chi connectivity index (χ0n) is 10.8. The quantitative estimate of drug-likeness (QED) is 0.933. The fourth-order valence-corrected chi connectivity index (χ4v) is 4.06. The molecule has 0 amide bonds. The van der Waals surface area contributed by atoms with Crippen molar-refractivity contribution in [3.63, 3.8) is 0 Å². The van der Waals surface area contributed by atoms with E-state index in [1.54, 1.807) is 6.07 Å². The Kier molecular flexibility index (Phi) is 3.26. The number of halogens is 2. The maximum atomic E-state index is 6.33. The van der Waals surface area contributed by atoms with E-state index >= 15 is 0 Å². The maximum Gasteiger partial charge on any atom is 0.130 e. The normalized spacial score (nSPS) is 23.6. The molecule has 4 nitrogen and oxygen atoms in total. The Hall–Kier alpha value is -0.620. The highest BCUT2D eigenvalue weighted by molar-refractivity contribution is 7.00. The van der Waals surface area contributed by atoms with Crippen LogP contribution in [0.4, 0.5) is 5.69 Å². The first-order chi connectivity index (χ1) is 9.72. The van der Waals surface area contributed by atoms with E-state index in [-0.39, 0.29) is 0 Å². The van der Waals surface area contributed by atoms with Gasteiger partial charge in [-0.25, -0.2) is 0 Å². The first-order valence-electron chi connectivity index (χ1n) is 6.83. The minimum absolute atomic E-state index is 0.430. The van der Waals surface area contributed by atoms with Crippen LogP contribution in [0, 0.1) is 0 Å². The average Bonchev–Trinajstić information content (AvgIpc) is 2.98. The number of rotatable bonds is 3. The Morgan fingerprint density at radius 3 is 2.75 bits per heavy atom. The number of nitrogens with zero attached hydrogens (tertiary/aromatic N) is 3. The Morgan fingerprint density at radius 2 is 1.95 bits per heavy atom. The third kappa shape index (κ3) is 2.26. The van der Waals surface area contributed by atoms with Crippen molar-refractivity contribution in [3.8, 4) is 0 Å². The van der Waals surface area contributed by atoms with Crippen LogP contribution in [-0.4, -0.2) is 38.8 Å². The molecule has 0 spiro atoms. The van der Waals surface area contributed by atoms with Crippen molar-refractivity contribution in [2.45, 2.75) is 31.3 Å². The number of nitrogens with one attached hydrogen (secondary N) is 1. The van der Waals surface area contributed by atoms with Gasteiger partial charge in [-0.05, 0) is 25.3 Å². The van der Waals surface area contributed by atoms with Crippen molar-refractivity contribution in [3.05, 3.63) is 16.1 Å². The largest absolute Gasteiger partial charge is 0.378 e. The highest BCUT2D eigenvalue weighted by Gasteiger charge is 2.34. The number of aromatic nitrogens is 2. The van der Waals surface area contributed by atoms with E-state index < -0.39 is 0 Å². The molecule has 1 saturated carbocycles. The molecule has 1 N–H and O–H groups in total. The average molecular weight is 329 g/mol. The van der Waals surface area contributed by atoms with Crippen LogP contribution in [0.3, 0.4) is 0 Å². The lowest BCUT2D eigenvalue weighted by Crippen LogP contribution is -2.27. The van der Waals surface area contributed by atoms with Crippen LogP contribution >= 0.6 is 34.9 Å². The Balaban J connectivity index is 1.60. The highest BCUT2D eigenvalue weighted by Crippen LogP contribution is 2.37. The van der Waals surface area contributed by atoms with Gasteiger partial charge in [0.1, 0.15) is 11.0 Å². The van der Waals surface area contributed by atoms with Crippen molar-refractivity contribution < 1.29 is 0 Å². The first kappa shape index (κ1) is 13.1. The molecular formula is C13H14Cl2N4S. The molecule has 106 valence electrons. The molecule has 1 saturated heterocycles. The molecule has 4 rings (SSSR count). The summed E-state index contributed by atoms with van der Waals surface area (Å²) in [5.41, 5.74) is 2.40. The van der Waals surface area contributed by atoms with E-state index in [9.17, 15) is 0 Å². The van der Waals surface area contributed by atoms with Gasteiger partial charge in [0.15, 0.2) is 0 Å². The number of fused-ring (bicyclic) bond motifs is 1. The Bertz CT molecular complexity index is 655. The molecule has 7 heteroatoms. The van der Waals surface area contributed by atoms with Crippen molar-refractivity contribution in [2.24, 2.45) is 0 Å². The van der Waals surface area contributed by atoms with Crippen LogP contribution in [0.1, 0.15) is 19.3 Å². The van der Waals surface area contributed by atoms with Crippen LogP contribution in [0.15, 0.2) is 6.07 Å². The first-order valence-corrected chi connectivity index (χ1v) is 8.32. The summed E-state index contributed by atoms with van der Waals surface area (Å²) in [5.74, 6) is 0. The molecule has 1 unspecified atom stereocenters. The van der Waals surface area contributed by atoms with Gasteiger partial charge in [-0.2, -0.15) is 8.75 Å². The topological polar surface area (TPSA) is 41.1 Å². The maximum absolute atomic E-state index is 6.33. The van der Waals surface area contributed by atoms with Gasteiger partial charge in [-0.3, -0.25) is 4.90 Å². The van der Waals surface area contributed by atoms with Crippen molar-refractivity contribution >= 4 is 51.7 Å². The SMILES string of the molecule is Clc1cc(Cl)c2nsnc2c1NC1CCN(C2CC2)C1. The van der Waals surface area contributed by atoms with E-state index in [4.69, 9.17) is 23.2 Å². The predicted octanol–water partition coefficient (Wildman–Crippen LogP) is 3.65. The van der Waals surface area contributed by atoms with Crippen molar-refractivity contribution in [1.29, 1.82) is 0 Å². The summed E-state index contributed by atoms with van der Waals surface area (Å²) in [6.45, 7) is 2.26. The van der Waals surface area contributed by atoms with Gasteiger partial charge in [0.05, 0.1) is 27.5 Å². The molecule has 1 atom stereocenters. The van der Waals surface area contributed by atoms with Gasteiger partial charge < -0.3 is 5.32 Å². The second-order valence-corrected chi connectivity index (χ2v) is 6.88. The summed E-state index contributed by atoms with van der Waals surface area (Å²) in [5, 5.41) is 4.74. The lowest BCUT2D eigenvalue weighted by molar-refractivity contribution is 0.326. The molecule has 1 aromatic carbocycles. The van der Waals surface area contributed by atoms with Gasteiger partial charge in [-0.1, -0.05) is 23.2 Å². The van der Waals surface area contributed by atoms with Gasteiger partial charge in [0, 0.05) is 25.2 Å². The van der Waals surface area contributed by atoms with Crippen LogP contribution in [0.5, 0.6) is 0 Å². The van der Waals surface area contributed by atoms with Crippen LogP contribution in [0.2, 0.25) is 10.0 Å². The highest BCUT2D eigenvalue weighted by atomic mass is 35.5. The summed E-state index contributed by atoms with van der Waals surface area (Å²) < 4.78 is 8.57. The minimum Gasteiger partial charge on any atom is -0.378 e. The lowest BCUT2D eigenvalue weighted by atomic mass is 10.2. The third-order valence-electron chi connectivity index (χ3n) is 4.08. The molecule has 2 aliphatic rings. The molecule has 0 radical (unpaired) electrons. The van der Waals surface area contributed by atoms with Gasteiger partial charge in [-0.15, -0.1) is 0 Å². The standard InChI is InChI=1S/C13H14Cl2N4S/c14-9-5-10(15)12-13(18-20-17-12)11(9)16-7-3-4-19(6-7)8-1-2-8/h5,7-8,16H,1-4,6H2. The predicted molar refractivity (Wildman–Crippen MR) is 84.1 cm³/mol. The summed E-state index contributed by atoms with van der Waals surface area (Å²) in [6, 6.07) is 3.01. The number of hydrogen-bond donors (Lipinski definition) is 1. The fraction of sp³-hybridized carbons (Fsp3) is 0.538. The van der Waals surface area contributed by atoms with Gasteiger partial charge >= 0.3 is 0 Å². The Labute approximate surface area is 131 Å². The fourth-order valence-electron chi connectivity index (χ4n) is 2.89. The molecule has 2 fully saturated rings. The number of benzene rings is 1. The van der Waals surface area contributed by atoms with E-state index in [0.717, 1.165) is 35.7 Å². The van der Waals surface area contributed by atoms with Gasteiger partial charge in [0.25, 0.3) is 0 Å². The molecule has 2 heterocycles. The monoisotopic (exact) mass is 328 g/mol. The molecule has 1 aliphatic carbocycles. The molecule has 2 aromatic rings. The summed E-state index contributed by atoms with van der Waals surface area (Å²) in [6.07, 6.45) is 3.86. The zero-order chi connectivity index (χ0) is 13.7. The third-order valence-corrected chi connectivity index (χ3v) is 5.19. The van der Waals surface area contributed by atoms with Crippen LogP contribution < -0.4 is 5.32 Å². The van der Waals surface area contributed by atoms with E-state index in [0.29, 0.717) is 16.1 Å².